The number of benzene rings is 1. The number of thioether (sulfide) groups is 1. The molecule has 0 atom stereocenters. The summed E-state index contributed by atoms with van der Waals surface area (Å²) in [6.07, 6.45) is 7.79. The zero-order valence-corrected chi connectivity index (χ0v) is 19.2. The first-order chi connectivity index (χ1) is 12.6. The summed E-state index contributed by atoms with van der Waals surface area (Å²) < 4.78 is 13.4. The molecule has 1 saturated carbocycles. The number of rotatable bonds is 7. The predicted molar refractivity (Wildman–Crippen MR) is 122 cm³/mol. The minimum atomic E-state index is -0.223. The van der Waals surface area contributed by atoms with E-state index in [1.54, 1.807) is 30.9 Å². The third-order valence-electron chi connectivity index (χ3n) is 4.52. The second-order valence-electron chi connectivity index (χ2n) is 6.53. The van der Waals surface area contributed by atoms with Gasteiger partial charge in [0.25, 0.3) is 0 Å². The van der Waals surface area contributed by atoms with Crippen LogP contribution in [0.3, 0.4) is 0 Å². The van der Waals surface area contributed by atoms with Gasteiger partial charge >= 0.3 is 0 Å². The summed E-state index contributed by atoms with van der Waals surface area (Å²) in [6, 6.07) is 5.13. The molecule has 3 N–H and O–H groups in total. The van der Waals surface area contributed by atoms with Gasteiger partial charge in [0.1, 0.15) is 5.82 Å². The average molecular weight is 508 g/mol. The number of hydrogen-bond acceptors (Lipinski definition) is 3. The van der Waals surface area contributed by atoms with Crippen molar-refractivity contribution < 1.29 is 9.18 Å². The van der Waals surface area contributed by atoms with Gasteiger partial charge in [-0.25, -0.2) is 4.39 Å². The lowest BCUT2D eigenvalue weighted by Crippen LogP contribution is -2.45. The van der Waals surface area contributed by atoms with Gasteiger partial charge in [-0.3, -0.25) is 9.79 Å². The second-order valence-corrected chi connectivity index (χ2v) is 7.39. The van der Waals surface area contributed by atoms with E-state index in [1.807, 2.05) is 6.26 Å². The average Bonchev–Trinajstić information content (AvgIpc) is 2.64. The third kappa shape index (κ3) is 8.68. The van der Waals surface area contributed by atoms with E-state index in [4.69, 9.17) is 0 Å². The summed E-state index contributed by atoms with van der Waals surface area (Å²) in [5.74, 6) is 1.08. The molecule has 1 aromatic carbocycles. The van der Waals surface area contributed by atoms with Gasteiger partial charge in [-0.1, -0.05) is 25.3 Å². The van der Waals surface area contributed by atoms with Crippen LogP contribution in [0.1, 0.15) is 43.2 Å². The monoisotopic (exact) mass is 508 g/mol. The summed E-state index contributed by atoms with van der Waals surface area (Å²) >= 11 is 1.65. The molecule has 1 fully saturated rings. The number of carbonyl (C=O) groups excluding carboxylic acids is 1. The molecule has 8 heteroatoms. The molecule has 0 bridgehead atoms. The minimum Gasteiger partial charge on any atom is -0.352 e. The Labute approximate surface area is 182 Å². The van der Waals surface area contributed by atoms with E-state index in [1.165, 1.54) is 25.3 Å². The molecular formula is C19H30FIN4OS. The SMILES string of the molecule is CN=C(NCC(=O)NC1CCCCC1)NCc1ccc(F)cc1CSC.I. The maximum Gasteiger partial charge on any atom is 0.239 e. The van der Waals surface area contributed by atoms with Crippen molar-refractivity contribution in [3.63, 3.8) is 0 Å². The summed E-state index contributed by atoms with van der Waals surface area (Å²) in [7, 11) is 1.67. The van der Waals surface area contributed by atoms with Crippen LogP contribution in [-0.2, 0) is 17.1 Å². The van der Waals surface area contributed by atoms with Crippen LogP contribution < -0.4 is 16.0 Å². The van der Waals surface area contributed by atoms with E-state index in [9.17, 15) is 9.18 Å². The molecule has 0 saturated heterocycles. The molecule has 1 amide bonds. The summed E-state index contributed by atoms with van der Waals surface area (Å²) in [5, 5.41) is 9.31. The van der Waals surface area contributed by atoms with Gasteiger partial charge in [-0.15, -0.1) is 24.0 Å². The normalized spacial score (nSPS) is 15.0. The van der Waals surface area contributed by atoms with Gasteiger partial charge in [0.15, 0.2) is 5.96 Å². The van der Waals surface area contributed by atoms with Crippen LogP contribution in [0.2, 0.25) is 0 Å². The Morgan fingerprint density at radius 2 is 1.96 bits per heavy atom. The van der Waals surface area contributed by atoms with Crippen molar-refractivity contribution in [3.05, 3.63) is 35.1 Å². The van der Waals surface area contributed by atoms with E-state index in [0.717, 1.165) is 29.7 Å². The zero-order chi connectivity index (χ0) is 18.8. The predicted octanol–water partition coefficient (Wildman–Crippen LogP) is 3.42. The number of carbonyl (C=O) groups is 1. The van der Waals surface area contributed by atoms with Gasteiger partial charge in [-0.2, -0.15) is 11.8 Å². The molecule has 0 aliphatic heterocycles. The maximum absolute atomic E-state index is 13.4. The number of nitrogens with zero attached hydrogens (tertiary/aromatic N) is 1. The van der Waals surface area contributed by atoms with Crippen LogP contribution in [-0.4, -0.2) is 37.8 Å². The van der Waals surface area contributed by atoms with Crippen LogP contribution in [0, 0.1) is 5.82 Å². The van der Waals surface area contributed by atoms with Crippen molar-refractivity contribution in [1.82, 2.24) is 16.0 Å². The molecule has 152 valence electrons. The standard InChI is InChI=1S/C19H29FN4OS.HI/c1-21-19(23-12-18(25)24-17-6-4-3-5-7-17)22-11-14-8-9-16(20)10-15(14)13-26-2;/h8-10,17H,3-7,11-13H2,1-2H3,(H,24,25)(H2,21,22,23);1H. The Hall–Kier alpha value is -1.03. The lowest BCUT2D eigenvalue weighted by Gasteiger charge is -2.23. The van der Waals surface area contributed by atoms with Gasteiger partial charge < -0.3 is 16.0 Å². The summed E-state index contributed by atoms with van der Waals surface area (Å²) in [5.41, 5.74) is 1.99. The summed E-state index contributed by atoms with van der Waals surface area (Å²) in [6.45, 7) is 0.720. The van der Waals surface area contributed by atoms with Gasteiger partial charge in [0.05, 0.1) is 6.54 Å². The van der Waals surface area contributed by atoms with Crippen molar-refractivity contribution in [2.75, 3.05) is 19.8 Å². The van der Waals surface area contributed by atoms with Crippen molar-refractivity contribution in [2.45, 2.75) is 50.4 Å². The molecule has 1 aliphatic carbocycles. The molecule has 0 spiro atoms. The Balaban J connectivity index is 0.00000364. The highest BCUT2D eigenvalue weighted by Gasteiger charge is 2.15. The number of aliphatic imine (C=N–C) groups is 1. The van der Waals surface area contributed by atoms with Crippen molar-refractivity contribution in [1.29, 1.82) is 0 Å². The van der Waals surface area contributed by atoms with Crippen LogP contribution in [0.5, 0.6) is 0 Å². The van der Waals surface area contributed by atoms with Crippen LogP contribution in [0.4, 0.5) is 4.39 Å². The van der Waals surface area contributed by atoms with E-state index < -0.39 is 0 Å². The number of guanidine groups is 1. The Kier molecular flexibility index (Phi) is 11.7. The van der Waals surface area contributed by atoms with Crippen LogP contribution >= 0.6 is 35.7 Å². The number of halogens is 2. The lowest BCUT2D eigenvalue weighted by atomic mass is 9.95. The van der Waals surface area contributed by atoms with Crippen LogP contribution in [0.25, 0.3) is 0 Å². The molecular weight excluding hydrogens is 478 g/mol. The quantitative estimate of drug-likeness (QED) is 0.300. The zero-order valence-electron chi connectivity index (χ0n) is 16.0. The molecule has 27 heavy (non-hydrogen) atoms. The number of nitrogens with one attached hydrogen (secondary N) is 3. The first-order valence-electron chi connectivity index (χ1n) is 9.12. The molecule has 5 nitrogen and oxygen atoms in total. The largest absolute Gasteiger partial charge is 0.352 e. The minimum absolute atomic E-state index is 0. The Morgan fingerprint density at radius 1 is 1.22 bits per heavy atom. The van der Waals surface area contributed by atoms with E-state index in [0.29, 0.717) is 18.5 Å². The van der Waals surface area contributed by atoms with Crippen LogP contribution in [0.15, 0.2) is 23.2 Å². The van der Waals surface area contributed by atoms with Crippen molar-refractivity contribution >= 4 is 47.6 Å². The van der Waals surface area contributed by atoms with Crippen molar-refractivity contribution in [3.8, 4) is 0 Å². The van der Waals surface area contributed by atoms with Crippen molar-refractivity contribution in [2.24, 2.45) is 4.99 Å². The molecule has 2 rings (SSSR count). The van der Waals surface area contributed by atoms with Gasteiger partial charge in [0.2, 0.25) is 5.91 Å². The van der Waals surface area contributed by atoms with Gasteiger partial charge in [-0.05, 0) is 42.4 Å². The highest BCUT2D eigenvalue weighted by molar-refractivity contribution is 14.0. The number of amides is 1. The smallest absolute Gasteiger partial charge is 0.239 e. The molecule has 0 heterocycles. The summed E-state index contributed by atoms with van der Waals surface area (Å²) in [4.78, 5) is 16.2. The highest BCUT2D eigenvalue weighted by atomic mass is 127. The first-order valence-corrected chi connectivity index (χ1v) is 10.5. The fourth-order valence-corrected chi connectivity index (χ4v) is 3.73. The fourth-order valence-electron chi connectivity index (χ4n) is 3.15. The maximum atomic E-state index is 13.4. The van der Waals surface area contributed by atoms with E-state index >= 15 is 0 Å². The van der Waals surface area contributed by atoms with E-state index in [-0.39, 0.29) is 42.2 Å². The molecule has 0 radical (unpaired) electrons. The fraction of sp³-hybridized carbons (Fsp3) is 0.579. The topological polar surface area (TPSA) is 65.5 Å². The molecule has 0 aromatic heterocycles. The lowest BCUT2D eigenvalue weighted by molar-refractivity contribution is -0.120. The Morgan fingerprint density at radius 3 is 2.63 bits per heavy atom. The van der Waals surface area contributed by atoms with Gasteiger partial charge in [0, 0.05) is 25.4 Å². The first kappa shape index (κ1) is 24.0. The molecule has 1 aromatic rings. The third-order valence-corrected chi connectivity index (χ3v) is 5.12. The van der Waals surface area contributed by atoms with E-state index in [2.05, 4.69) is 20.9 Å². The number of hydrogen-bond donors (Lipinski definition) is 3. The highest BCUT2D eigenvalue weighted by Crippen LogP contribution is 2.17. The molecule has 1 aliphatic rings. The Bertz CT molecular complexity index is 624. The second kappa shape index (κ2) is 13.2. The molecule has 0 unspecified atom stereocenters.